The first kappa shape index (κ1) is 18.2. The molecule has 0 unspecified atom stereocenters. The van der Waals surface area contributed by atoms with Crippen molar-refractivity contribution in [2.45, 2.75) is 37.6 Å². The first-order valence-electron chi connectivity index (χ1n) is 7.05. The first-order chi connectivity index (χ1) is 10.3. The first-order valence-corrected chi connectivity index (χ1v) is 8.94. The van der Waals surface area contributed by atoms with Crippen molar-refractivity contribution >= 4 is 21.7 Å². The third kappa shape index (κ3) is 5.14. The number of sulfone groups is 1. The van der Waals surface area contributed by atoms with Gasteiger partial charge in [-0.2, -0.15) is 0 Å². The molecule has 0 aliphatic heterocycles. The van der Waals surface area contributed by atoms with E-state index in [1.807, 2.05) is 13.8 Å². The SMILES string of the molecule is CCC(CC)NC(=O)COC(=O)c1ccccc1S(C)(=O)=O. The Morgan fingerprint density at radius 2 is 1.77 bits per heavy atom. The Morgan fingerprint density at radius 3 is 2.32 bits per heavy atom. The van der Waals surface area contributed by atoms with Gasteiger partial charge < -0.3 is 10.1 Å². The van der Waals surface area contributed by atoms with Crippen molar-refractivity contribution in [1.82, 2.24) is 5.32 Å². The molecule has 0 aliphatic rings. The lowest BCUT2D eigenvalue weighted by Crippen LogP contribution is -2.36. The number of nitrogens with one attached hydrogen (secondary N) is 1. The van der Waals surface area contributed by atoms with Gasteiger partial charge in [0.1, 0.15) is 0 Å². The summed E-state index contributed by atoms with van der Waals surface area (Å²) in [6, 6.07) is 5.78. The zero-order valence-electron chi connectivity index (χ0n) is 13.0. The minimum atomic E-state index is -3.55. The summed E-state index contributed by atoms with van der Waals surface area (Å²) < 4.78 is 28.2. The summed E-state index contributed by atoms with van der Waals surface area (Å²) in [7, 11) is -3.55. The molecule has 1 amide bonds. The van der Waals surface area contributed by atoms with E-state index in [-0.39, 0.29) is 16.5 Å². The van der Waals surface area contributed by atoms with Gasteiger partial charge in [0.15, 0.2) is 16.4 Å². The molecule has 6 nitrogen and oxygen atoms in total. The van der Waals surface area contributed by atoms with Gasteiger partial charge in [0.05, 0.1) is 10.5 Å². The van der Waals surface area contributed by atoms with E-state index >= 15 is 0 Å². The van der Waals surface area contributed by atoms with Crippen LogP contribution in [0.2, 0.25) is 0 Å². The van der Waals surface area contributed by atoms with Crippen molar-refractivity contribution in [2.75, 3.05) is 12.9 Å². The molecule has 22 heavy (non-hydrogen) atoms. The fraction of sp³-hybridized carbons (Fsp3) is 0.467. The third-order valence-corrected chi connectivity index (χ3v) is 4.35. The third-order valence-electron chi connectivity index (χ3n) is 3.19. The molecule has 1 rings (SSSR count). The highest BCUT2D eigenvalue weighted by Gasteiger charge is 2.20. The van der Waals surface area contributed by atoms with Gasteiger partial charge in [-0.1, -0.05) is 26.0 Å². The lowest BCUT2D eigenvalue weighted by atomic mass is 10.2. The van der Waals surface area contributed by atoms with Crippen LogP contribution in [0, 0.1) is 0 Å². The molecule has 1 aromatic carbocycles. The topological polar surface area (TPSA) is 89.5 Å². The minimum absolute atomic E-state index is 0.0366. The van der Waals surface area contributed by atoms with Crippen LogP contribution >= 0.6 is 0 Å². The molecule has 122 valence electrons. The van der Waals surface area contributed by atoms with Crippen LogP contribution < -0.4 is 5.32 Å². The molecule has 0 saturated heterocycles. The van der Waals surface area contributed by atoms with E-state index < -0.39 is 28.3 Å². The number of ether oxygens (including phenoxy) is 1. The van der Waals surface area contributed by atoms with Gasteiger partial charge in [-0.25, -0.2) is 13.2 Å². The molecule has 0 saturated carbocycles. The van der Waals surface area contributed by atoms with Crippen LogP contribution in [0.1, 0.15) is 37.0 Å². The number of carbonyl (C=O) groups is 2. The van der Waals surface area contributed by atoms with Crippen molar-refractivity contribution in [1.29, 1.82) is 0 Å². The molecule has 0 radical (unpaired) electrons. The number of esters is 1. The van der Waals surface area contributed by atoms with Crippen LogP contribution in [0.5, 0.6) is 0 Å². The largest absolute Gasteiger partial charge is 0.452 e. The molecule has 0 atom stereocenters. The summed E-state index contributed by atoms with van der Waals surface area (Å²) in [5.41, 5.74) is -0.0691. The van der Waals surface area contributed by atoms with Crippen LogP contribution in [0.4, 0.5) is 0 Å². The van der Waals surface area contributed by atoms with Crippen LogP contribution in [0.25, 0.3) is 0 Å². The van der Waals surface area contributed by atoms with Crippen molar-refractivity contribution in [3.05, 3.63) is 29.8 Å². The smallest absolute Gasteiger partial charge is 0.339 e. The van der Waals surface area contributed by atoms with Gasteiger partial charge in [0.2, 0.25) is 0 Å². The van der Waals surface area contributed by atoms with Crippen molar-refractivity contribution in [3.8, 4) is 0 Å². The van der Waals surface area contributed by atoms with E-state index in [9.17, 15) is 18.0 Å². The van der Waals surface area contributed by atoms with Crippen molar-refractivity contribution < 1.29 is 22.7 Å². The summed E-state index contributed by atoms with van der Waals surface area (Å²) in [4.78, 5) is 23.5. The maximum Gasteiger partial charge on any atom is 0.339 e. The number of hydrogen-bond donors (Lipinski definition) is 1. The number of carbonyl (C=O) groups excluding carboxylic acids is 2. The number of hydrogen-bond acceptors (Lipinski definition) is 5. The Balaban J connectivity index is 2.73. The van der Waals surface area contributed by atoms with Crippen LogP contribution in [0.3, 0.4) is 0 Å². The van der Waals surface area contributed by atoms with E-state index in [0.717, 1.165) is 19.1 Å². The average Bonchev–Trinajstić information content (AvgIpc) is 2.49. The van der Waals surface area contributed by atoms with Gasteiger partial charge in [-0.05, 0) is 25.0 Å². The predicted molar refractivity (Wildman–Crippen MR) is 82.3 cm³/mol. The number of rotatable bonds is 7. The highest BCUT2D eigenvalue weighted by atomic mass is 32.2. The van der Waals surface area contributed by atoms with Crippen LogP contribution in [-0.2, 0) is 19.4 Å². The average molecular weight is 327 g/mol. The molecular weight excluding hydrogens is 306 g/mol. The van der Waals surface area contributed by atoms with Crippen molar-refractivity contribution in [3.63, 3.8) is 0 Å². The summed E-state index contributed by atoms with van der Waals surface area (Å²) in [5.74, 6) is -1.24. The zero-order chi connectivity index (χ0) is 16.8. The standard InChI is InChI=1S/C15H21NO5S/c1-4-11(5-2)16-14(17)10-21-15(18)12-8-6-7-9-13(12)22(3,19)20/h6-9,11H,4-5,10H2,1-3H3,(H,16,17). The summed E-state index contributed by atoms with van der Waals surface area (Å²) in [5, 5.41) is 2.73. The fourth-order valence-corrected chi connectivity index (χ4v) is 2.81. The molecule has 0 bridgehead atoms. The summed E-state index contributed by atoms with van der Waals surface area (Å²) in [6.45, 7) is 3.46. The molecular formula is C15H21NO5S. The Morgan fingerprint density at radius 1 is 1.18 bits per heavy atom. The Kier molecular flexibility index (Phi) is 6.55. The van der Waals surface area contributed by atoms with Gasteiger partial charge in [-0.15, -0.1) is 0 Å². The number of amides is 1. The maximum absolute atomic E-state index is 12.0. The van der Waals surface area contributed by atoms with E-state index in [1.165, 1.54) is 24.3 Å². The fourth-order valence-electron chi connectivity index (χ4n) is 1.93. The molecule has 0 heterocycles. The highest BCUT2D eigenvalue weighted by molar-refractivity contribution is 7.90. The van der Waals surface area contributed by atoms with E-state index in [1.54, 1.807) is 0 Å². The Bertz CT molecular complexity index is 635. The monoisotopic (exact) mass is 327 g/mol. The lowest BCUT2D eigenvalue weighted by molar-refractivity contribution is -0.125. The van der Waals surface area contributed by atoms with Gasteiger partial charge >= 0.3 is 5.97 Å². The van der Waals surface area contributed by atoms with E-state index in [0.29, 0.717) is 0 Å². The molecule has 1 N–H and O–H groups in total. The van der Waals surface area contributed by atoms with Crippen LogP contribution in [0.15, 0.2) is 29.2 Å². The maximum atomic E-state index is 12.0. The second-order valence-electron chi connectivity index (χ2n) is 4.93. The lowest BCUT2D eigenvalue weighted by Gasteiger charge is -2.14. The molecule has 0 fully saturated rings. The van der Waals surface area contributed by atoms with E-state index in [4.69, 9.17) is 4.74 Å². The zero-order valence-corrected chi connectivity index (χ0v) is 13.8. The minimum Gasteiger partial charge on any atom is -0.452 e. The molecule has 0 aliphatic carbocycles. The highest BCUT2D eigenvalue weighted by Crippen LogP contribution is 2.16. The molecule has 1 aromatic rings. The second kappa shape index (κ2) is 7.93. The molecule has 0 aromatic heterocycles. The summed E-state index contributed by atoms with van der Waals surface area (Å²) >= 11 is 0. The Labute approximate surface area is 130 Å². The quantitative estimate of drug-likeness (QED) is 0.768. The second-order valence-corrected chi connectivity index (χ2v) is 6.91. The van der Waals surface area contributed by atoms with Gasteiger partial charge in [0.25, 0.3) is 5.91 Å². The normalized spacial score (nSPS) is 11.3. The Hall–Kier alpha value is -1.89. The predicted octanol–water partition coefficient (Wildman–Crippen LogP) is 1.55. The van der Waals surface area contributed by atoms with Gasteiger partial charge in [0, 0.05) is 12.3 Å². The van der Waals surface area contributed by atoms with Crippen molar-refractivity contribution in [2.24, 2.45) is 0 Å². The molecule has 0 spiro atoms. The van der Waals surface area contributed by atoms with Gasteiger partial charge in [-0.3, -0.25) is 4.79 Å². The summed E-state index contributed by atoms with van der Waals surface area (Å²) in [6.07, 6.45) is 2.58. The number of benzene rings is 1. The van der Waals surface area contributed by atoms with E-state index in [2.05, 4.69) is 5.32 Å². The van der Waals surface area contributed by atoms with Crippen LogP contribution in [-0.4, -0.2) is 39.2 Å². The molecule has 7 heteroatoms.